The fourth-order valence-corrected chi connectivity index (χ4v) is 5.74. The highest BCUT2D eigenvalue weighted by molar-refractivity contribution is 5.96. The molecule has 0 radical (unpaired) electrons. The van der Waals surface area contributed by atoms with Gasteiger partial charge in [0, 0.05) is 17.1 Å². The van der Waals surface area contributed by atoms with E-state index < -0.39 is 29.8 Å². The molecule has 2 aliphatic carbocycles. The average Bonchev–Trinajstić information content (AvgIpc) is 3.35. The zero-order valence-corrected chi connectivity index (χ0v) is 26.9. The fourth-order valence-electron chi connectivity index (χ4n) is 5.74. The standard InChI is InChI=1S/C38H36O10/c1-22(18-34(39)44-4)36(41)46-27-11-13-28(14-12-27)47-38(43)25-10-16-30-31-17-15-29(21-33(31)24(3)32(30)20-25)48-37(42)23(2)19-35(40)45-26-8-6-5-7-9-26/h10-17,20-21,24,26H,1-2,5-9,18-19H2,3-4H3. The second-order valence-corrected chi connectivity index (χ2v) is 11.8. The Morgan fingerprint density at radius 3 is 1.81 bits per heavy atom. The van der Waals surface area contributed by atoms with Crippen molar-refractivity contribution < 1.29 is 47.7 Å². The lowest BCUT2D eigenvalue weighted by atomic mass is 9.98. The van der Waals surface area contributed by atoms with Crippen LogP contribution in [0.25, 0.3) is 11.1 Å². The van der Waals surface area contributed by atoms with E-state index in [0.717, 1.165) is 54.4 Å². The van der Waals surface area contributed by atoms with Crippen LogP contribution in [0, 0.1) is 0 Å². The number of carbonyl (C=O) groups excluding carboxylic acids is 5. The molecule has 248 valence electrons. The zero-order chi connectivity index (χ0) is 34.4. The lowest BCUT2D eigenvalue weighted by Gasteiger charge is -2.21. The van der Waals surface area contributed by atoms with E-state index in [2.05, 4.69) is 17.9 Å². The Labute approximate surface area is 278 Å². The van der Waals surface area contributed by atoms with Crippen molar-refractivity contribution in [2.45, 2.75) is 63.9 Å². The van der Waals surface area contributed by atoms with E-state index >= 15 is 0 Å². The summed E-state index contributed by atoms with van der Waals surface area (Å²) in [6, 6.07) is 16.5. The van der Waals surface area contributed by atoms with Gasteiger partial charge in [-0.2, -0.15) is 0 Å². The van der Waals surface area contributed by atoms with E-state index in [1.54, 1.807) is 24.3 Å². The third-order valence-corrected chi connectivity index (χ3v) is 8.36. The van der Waals surface area contributed by atoms with Crippen molar-refractivity contribution in [3.05, 3.63) is 102 Å². The van der Waals surface area contributed by atoms with Crippen LogP contribution in [0.15, 0.2) is 85.0 Å². The van der Waals surface area contributed by atoms with Gasteiger partial charge in [0.2, 0.25) is 0 Å². The molecule has 3 aromatic rings. The van der Waals surface area contributed by atoms with Crippen LogP contribution in [0.3, 0.4) is 0 Å². The summed E-state index contributed by atoms with van der Waals surface area (Å²) in [7, 11) is 1.21. The van der Waals surface area contributed by atoms with Crippen molar-refractivity contribution >= 4 is 29.8 Å². The van der Waals surface area contributed by atoms with Gasteiger partial charge in [0.15, 0.2) is 0 Å². The summed E-state index contributed by atoms with van der Waals surface area (Å²) in [6.45, 7) is 9.26. The number of ether oxygens (including phenoxy) is 5. The van der Waals surface area contributed by atoms with Crippen LogP contribution in [0.2, 0.25) is 0 Å². The highest BCUT2D eigenvalue weighted by Crippen LogP contribution is 2.46. The molecule has 0 N–H and O–H groups in total. The SMILES string of the molecule is C=C(CC(=O)OC)C(=O)Oc1ccc(OC(=O)c2ccc3c(c2)C(C)c2cc(OC(=O)C(=C)CC(=O)OC4CCCCC4)ccc2-3)cc1. The van der Waals surface area contributed by atoms with Gasteiger partial charge < -0.3 is 23.7 Å². The number of fused-ring (bicyclic) bond motifs is 3. The third-order valence-electron chi connectivity index (χ3n) is 8.36. The van der Waals surface area contributed by atoms with Gasteiger partial charge >= 0.3 is 29.8 Å². The Balaban J connectivity index is 1.17. The molecule has 0 bridgehead atoms. The molecule has 10 nitrogen and oxygen atoms in total. The van der Waals surface area contributed by atoms with Crippen molar-refractivity contribution in [3.8, 4) is 28.4 Å². The first-order valence-corrected chi connectivity index (χ1v) is 15.7. The number of rotatable bonds is 11. The second kappa shape index (κ2) is 14.9. The molecule has 1 fully saturated rings. The third kappa shape index (κ3) is 8.06. The average molecular weight is 653 g/mol. The molecule has 3 aromatic carbocycles. The summed E-state index contributed by atoms with van der Waals surface area (Å²) >= 11 is 0. The summed E-state index contributed by atoms with van der Waals surface area (Å²) in [5, 5.41) is 0. The maximum Gasteiger partial charge on any atom is 0.343 e. The minimum atomic E-state index is -0.777. The molecular weight excluding hydrogens is 616 g/mol. The van der Waals surface area contributed by atoms with Gasteiger partial charge in [0.25, 0.3) is 0 Å². The number of hydrogen-bond acceptors (Lipinski definition) is 10. The molecule has 2 aliphatic rings. The molecule has 1 unspecified atom stereocenters. The van der Waals surface area contributed by atoms with Gasteiger partial charge in [-0.15, -0.1) is 0 Å². The Bertz CT molecular complexity index is 1780. The normalized spacial score (nSPS) is 14.9. The van der Waals surface area contributed by atoms with Gasteiger partial charge in [-0.3, -0.25) is 9.59 Å². The molecule has 0 aromatic heterocycles. The van der Waals surface area contributed by atoms with Crippen LogP contribution < -0.4 is 14.2 Å². The number of benzene rings is 3. The molecule has 1 atom stereocenters. The first-order valence-electron chi connectivity index (χ1n) is 15.7. The Morgan fingerprint density at radius 2 is 1.19 bits per heavy atom. The van der Waals surface area contributed by atoms with Crippen LogP contribution in [0.4, 0.5) is 0 Å². The van der Waals surface area contributed by atoms with Crippen LogP contribution in [-0.4, -0.2) is 43.1 Å². The molecule has 0 aliphatic heterocycles. The van der Waals surface area contributed by atoms with Crippen molar-refractivity contribution in [1.82, 2.24) is 0 Å². The number of hydrogen-bond donors (Lipinski definition) is 0. The van der Waals surface area contributed by atoms with E-state index in [0.29, 0.717) is 11.3 Å². The molecule has 0 saturated heterocycles. The lowest BCUT2D eigenvalue weighted by molar-refractivity contribution is -0.150. The Kier molecular flexibility index (Phi) is 10.5. The van der Waals surface area contributed by atoms with Gasteiger partial charge in [0.1, 0.15) is 23.4 Å². The highest BCUT2D eigenvalue weighted by atomic mass is 16.6. The summed E-state index contributed by atoms with van der Waals surface area (Å²) in [5.41, 5.74) is 4.03. The predicted octanol–water partition coefficient (Wildman–Crippen LogP) is 6.79. The van der Waals surface area contributed by atoms with Crippen LogP contribution in [-0.2, 0) is 28.7 Å². The maximum absolute atomic E-state index is 13.0. The minimum absolute atomic E-state index is 0.0213. The first-order chi connectivity index (χ1) is 23.0. The van der Waals surface area contributed by atoms with Crippen LogP contribution in [0.5, 0.6) is 17.2 Å². The summed E-state index contributed by atoms with van der Waals surface area (Å²) < 4.78 is 26.3. The largest absolute Gasteiger partial charge is 0.469 e. The molecule has 0 heterocycles. The summed E-state index contributed by atoms with van der Waals surface area (Å²) in [6.07, 6.45) is 4.27. The second-order valence-electron chi connectivity index (χ2n) is 11.8. The zero-order valence-electron chi connectivity index (χ0n) is 26.9. The van der Waals surface area contributed by atoms with E-state index in [1.807, 2.05) is 19.1 Å². The molecule has 0 amide bonds. The summed E-state index contributed by atoms with van der Waals surface area (Å²) in [5.74, 6) is -2.51. The quantitative estimate of drug-likeness (QED) is 0.124. The van der Waals surface area contributed by atoms with Gasteiger partial charge in [-0.1, -0.05) is 38.6 Å². The van der Waals surface area contributed by atoms with Crippen molar-refractivity contribution in [2.24, 2.45) is 0 Å². The Hall–Kier alpha value is -5.51. The molecular formula is C38H36O10. The van der Waals surface area contributed by atoms with E-state index in [4.69, 9.17) is 18.9 Å². The minimum Gasteiger partial charge on any atom is -0.469 e. The molecule has 48 heavy (non-hydrogen) atoms. The van der Waals surface area contributed by atoms with Gasteiger partial charge in [0.05, 0.1) is 25.5 Å². The topological polar surface area (TPSA) is 132 Å². The van der Waals surface area contributed by atoms with Gasteiger partial charge in [-0.25, -0.2) is 14.4 Å². The van der Waals surface area contributed by atoms with Crippen LogP contribution >= 0.6 is 0 Å². The monoisotopic (exact) mass is 652 g/mol. The van der Waals surface area contributed by atoms with Crippen molar-refractivity contribution in [3.63, 3.8) is 0 Å². The number of methoxy groups -OCH3 is 1. The van der Waals surface area contributed by atoms with Crippen molar-refractivity contribution in [2.75, 3.05) is 7.11 Å². The molecule has 5 rings (SSSR count). The number of esters is 5. The predicted molar refractivity (Wildman–Crippen MR) is 175 cm³/mol. The highest BCUT2D eigenvalue weighted by Gasteiger charge is 2.28. The first kappa shape index (κ1) is 33.8. The maximum atomic E-state index is 13.0. The fraction of sp³-hybridized carbons (Fsp3) is 0.289. The van der Waals surface area contributed by atoms with Crippen molar-refractivity contribution in [1.29, 1.82) is 0 Å². The molecule has 0 spiro atoms. The molecule has 1 saturated carbocycles. The van der Waals surface area contributed by atoms with E-state index in [1.165, 1.54) is 31.4 Å². The smallest absolute Gasteiger partial charge is 0.343 e. The molecule has 10 heteroatoms. The van der Waals surface area contributed by atoms with Gasteiger partial charge in [-0.05, 0) is 96.5 Å². The van der Waals surface area contributed by atoms with Crippen LogP contribution in [0.1, 0.15) is 79.3 Å². The Morgan fingerprint density at radius 1 is 0.667 bits per heavy atom. The summed E-state index contributed by atoms with van der Waals surface area (Å²) in [4.78, 5) is 61.6. The van der Waals surface area contributed by atoms with E-state index in [-0.39, 0.29) is 47.5 Å². The van der Waals surface area contributed by atoms with E-state index in [9.17, 15) is 24.0 Å². The lowest BCUT2D eigenvalue weighted by Crippen LogP contribution is -2.22. The number of carbonyl (C=O) groups is 5.